The Morgan fingerprint density at radius 1 is 1.28 bits per heavy atom. The van der Waals surface area contributed by atoms with Crippen LogP contribution >= 0.6 is 22.9 Å². The van der Waals surface area contributed by atoms with E-state index >= 15 is 0 Å². The molecule has 1 aromatic carbocycles. The number of halogens is 1. The van der Waals surface area contributed by atoms with Gasteiger partial charge in [0.25, 0.3) is 5.91 Å². The lowest BCUT2D eigenvalue weighted by Crippen LogP contribution is -2.14. The van der Waals surface area contributed by atoms with Crippen LogP contribution in [-0.2, 0) is 4.79 Å². The van der Waals surface area contributed by atoms with Gasteiger partial charge in [0.2, 0.25) is 6.41 Å². The summed E-state index contributed by atoms with van der Waals surface area (Å²) in [7, 11) is 3.61. The first-order valence-electron chi connectivity index (χ1n) is 7.29. The maximum Gasteiger partial charge on any atom is 0.251 e. The Balaban J connectivity index is 0.000000293. The minimum Gasteiger partial charge on any atom is -0.388 e. The average Bonchev–Trinajstić information content (AvgIpc) is 2.92. The molecule has 0 saturated carbocycles. The number of hydrogen-bond donors (Lipinski definition) is 4. The highest BCUT2D eigenvalue weighted by atomic mass is 35.5. The molecule has 0 aliphatic carbocycles. The molecule has 1 aromatic heterocycles. The Morgan fingerprint density at radius 3 is 2.32 bits per heavy atom. The summed E-state index contributed by atoms with van der Waals surface area (Å²) in [5, 5.41) is 9.58. The van der Waals surface area contributed by atoms with E-state index in [1.165, 1.54) is 11.3 Å². The van der Waals surface area contributed by atoms with E-state index in [9.17, 15) is 9.59 Å². The van der Waals surface area contributed by atoms with Gasteiger partial charge in [0.05, 0.1) is 10.4 Å². The summed E-state index contributed by atoms with van der Waals surface area (Å²) in [6, 6.07) is 7.57. The largest absolute Gasteiger partial charge is 0.388 e. The number of primary amides is 1. The molecule has 2 aromatic rings. The molecule has 0 bridgehead atoms. The molecule has 0 atom stereocenters. The van der Waals surface area contributed by atoms with E-state index in [0.717, 1.165) is 21.2 Å². The second-order valence-corrected chi connectivity index (χ2v) is 6.33. The first-order valence-corrected chi connectivity index (χ1v) is 8.48. The van der Waals surface area contributed by atoms with Gasteiger partial charge in [0.15, 0.2) is 0 Å². The van der Waals surface area contributed by atoms with E-state index in [2.05, 4.69) is 22.5 Å². The number of anilines is 2. The van der Waals surface area contributed by atoms with Gasteiger partial charge in [-0.3, -0.25) is 9.59 Å². The summed E-state index contributed by atoms with van der Waals surface area (Å²) in [5.41, 5.74) is 8.09. The summed E-state index contributed by atoms with van der Waals surface area (Å²) >= 11 is 6.91. The van der Waals surface area contributed by atoms with Crippen molar-refractivity contribution in [2.24, 2.45) is 5.73 Å². The highest BCUT2D eigenvalue weighted by Gasteiger charge is 2.19. The van der Waals surface area contributed by atoms with Gasteiger partial charge in [-0.25, -0.2) is 0 Å². The lowest BCUT2D eigenvalue weighted by atomic mass is 10.1. The van der Waals surface area contributed by atoms with E-state index < -0.39 is 5.91 Å². The molecule has 6 nitrogen and oxygen atoms in total. The SMILES string of the molecule is C=C(NC)c1sc(NC=O)c(C(N)=O)c1C.CNc1ccc(Cl)cc1. The smallest absolute Gasteiger partial charge is 0.251 e. The number of thiophene rings is 1. The van der Waals surface area contributed by atoms with Crippen molar-refractivity contribution in [3.63, 3.8) is 0 Å². The van der Waals surface area contributed by atoms with E-state index in [1.54, 1.807) is 14.0 Å². The molecular weight excluding hydrogens is 360 g/mol. The van der Waals surface area contributed by atoms with Crippen LogP contribution in [0.4, 0.5) is 10.7 Å². The van der Waals surface area contributed by atoms with Crippen LogP contribution in [0, 0.1) is 6.92 Å². The first kappa shape index (κ1) is 20.5. The Hall–Kier alpha value is -2.51. The lowest BCUT2D eigenvalue weighted by molar-refractivity contribution is -0.105. The first-order chi connectivity index (χ1) is 11.8. The summed E-state index contributed by atoms with van der Waals surface area (Å²) < 4.78 is 0. The van der Waals surface area contributed by atoms with Gasteiger partial charge in [0, 0.05) is 30.5 Å². The van der Waals surface area contributed by atoms with Gasteiger partial charge in [-0.05, 0) is 36.8 Å². The standard InChI is InChI=1S/C10H13N3O2S.C7H8ClN/c1-5-7(9(11)15)10(13-4-14)16-8(5)6(2)12-3;1-9-7-4-2-6(8)3-5-7/h4,12H,2H2,1,3H3,(H2,11,15)(H,13,14);2-5,9H,1H3. The molecule has 25 heavy (non-hydrogen) atoms. The molecule has 134 valence electrons. The molecule has 0 unspecified atom stereocenters. The van der Waals surface area contributed by atoms with Crippen LogP contribution in [0.1, 0.15) is 20.8 Å². The third-order valence-electron chi connectivity index (χ3n) is 3.29. The summed E-state index contributed by atoms with van der Waals surface area (Å²) in [5.74, 6) is -0.562. The van der Waals surface area contributed by atoms with Gasteiger partial charge < -0.3 is 21.7 Å². The summed E-state index contributed by atoms with van der Waals surface area (Å²) in [6.07, 6.45) is 0.517. The van der Waals surface area contributed by atoms with Crippen molar-refractivity contribution in [1.29, 1.82) is 0 Å². The van der Waals surface area contributed by atoms with E-state index in [4.69, 9.17) is 17.3 Å². The van der Waals surface area contributed by atoms with Crippen LogP contribution in [-0.4, -0.2) is 26.4 Å². The van der Waals surface area contributed by atoms with E-state index in [-0.39, 0.29) is 0 Å². The third kappa shape index (κ3) is 5.51. The maximum absolute atomic E-state index is 11.3. The van der Waals surface area contributed by atoms with Gasteiger partial charge in [-0.15, -0.1) is 11.3 Å². The number of nitrogens with two attached hydrogens (primary N) is 1. The van der Waals surface area contributed by atoms with Crippen molar-refractivity contribution >= 4 is 51.6 Å². The fourth-order valence-electron chi connectivity index (χ4n) is 1.98. The quantitative estimate of drug-likeness (QED) is 0.578. The van der Waals surface area contributed by atoms with Crippen LogP contribution in [0.5, 0.6) is 0 Å². The van der Waals surface area contributed by atoms with Crippen molar-refractivity contribution < 1.29 is 9.59 Å². The molecule has 0 fully saturated rings. The zero-order valence-electron chi connectivity index (χ0n) is 14.3. The predicted molar refractivity (Wildman–Crippen MR) is 106 cm³/mol. The summed E-state index contributed by atoms with van der Waals surface area (Å²) in [4.78, 5) is 22.5. The molecular formula is C17H21ClN4O2S. The maximum atomic E-state index is 11.3. The average molecular weight is 381 g/mol. The number of carbonyl (C=O) groups is 2. The lowest BCUT2D eigenvalue weighted by Gasteiger charge is -2.02. The highest BCUT2D eigenvalue weighted by molar-refractivity contribution is 7.18. The van der Waals surface area contributed by atoms with Crippen molar-refractivity contribution in [1.82, 2.24) is 5.32 Å². The number of hydrogen-bond acceptors (Lipinski definition) is 5. The van der Waals surface area contributed by atoms with Gasteiger partial charge in [-0.2, -0.15) is 0 Å². The Morgan fingerprint density at radius 2 is 1.88 bits per heavy atom. The molecule has 0 aliphatic heterocycles. The van der Waals surface area contributed by atoms with Crippen molar-refractivity contribution in [2.75, 3.05) is 24.7 Å². The second kappa shape index (κ2) is 9.71. The van der Waals surface area contributed by atoms with Gasteiger partial charge in [0.1, 0.15) is 5.00 Å². The predicted octanol–water partition coefficient (Wildman–Crippen LogP) is 3.30. The Kier molecular flexibility index (Phi) is 7.97. The number of carbonyl (C=O) groups excluding carboxylic acids is 2. The van der Waals surface area contributed by atoms with Crippen LogP contribution in [0.3, 0.4) is 0 Å². The Labute approximate surface area is 156 Å². The molecule has 0 spiro atoms. The molecule has 2 rings (SSSR count). The molecule has 0 radical (unpaired) electrons. The number of rotatable bonds is 6. The van der Waals surface area contributed by atoms with E-state index in [1.807, 2.05) is 31.3 Å². The van der Waals surface area contributed by atoms with E-state index in [0.29, 0.717) is 22.7 Å². The topological polar surface area (TPSA) is 96.2 Å². The Bertz CT molecular complexity index is 757. The fourth-order valence-corrected chi connectivity index (χ4v) is 3.26. The minimum atomic E-state index is -0.562. The molecule has 0 aliphatic rings. The van der Waals surface area contributed by atoms with Gasteiger partial charge >= 0.3 is 0 Å². The normalized spacial score (nSPS) is 9.44. The molecule has 2 amide bonds. The number of nitrogens with one attached hydrogen (secondary N) is 3. The minimum absolute atomic E-state index is 0.337. The van der Waals surface area contributed by atoms with Crippen LogP contribution in [0.25, 0.3) is 5.70 Å². The molecule has 8 heteroatoms. The molecule has 0 saturated heterocycles. The van der Waals surface area contributed by atoms with Crippen molar-refractivity contribution in [3.05, 3.63) is 51.9 Å². The van der Waals surface area contributed by atoms with Crippen molar-refractivity contribution in [2.45, 2.75) is 6.92 Å². The third-order valence-corrected chi connectivity index (χ3v) is 4.83. The van der Waals surface area contributed by atoms with Gasteiger partial charge in [-0.1, -0.05) is 18.2 Å². The van der Waals surface area contributed by atoms with Crippen LogP contribution < -0.4 is 21.7 Å². The van der Waals surface area contributed by atoms with Crippen molar-refractivity contribution in [3.8, 4) is 0 Å². The number of amides is 2. The fraction of sp³-hybridized carbons (Fsp3) is 0.176. The highest BCUT2D eigenvalue weighted by Crippen LogP contribution is 2.35. The van der Waals surface area contributed by atoms with Crippen LogP contribution in [0.2, 0.25) is 5.02 Å². The zero-order valence-corrected chi connectivity index (χ0v) is 15.8. The summed E-state index contributed by atoms with van der Waals surface area (Å²) in [6.45, 7) is 5.58. The second-order valence-electron chi connectivity index (χ2n) is 4.87. The molecule has 5 N–H and O–H groups in total. The van der Waals surface area contributed by atoms with Crippen LogP contribution in [0.15, 0.2) is 30.8 Å². The zero-order chi connectivity index (χ0) is 19.0. The molecule has 1 heterocycles. The monoisotopic (exact) mass is 380 g/mol. The number of benzene rings is 1.